The van der Waals surface area contributed by atoms with Gasteiger partial charge in [0.2, 0.25) is 5.91 Å². The fourth-order valence-corrected chi connectivity index (χ4v) is 1.83. The Bertz CT molecular complexity index is 381. The molecule has 0 radical (unpaired) electrons. The van der Waals surface area contributed by atoms with Crippen molar-refractivity contribution in [1.82, 2.24) is 10.3 Å². The molecule has 5 nitrogen and oxygen atoms in total. The number of amides is 1. The first-order chi connectivity index (χ1) is 7.63. The van der Waals surface area contributed by atoms with E-state index in [0.717, 1.165) is 13.0 Å². The van der Waals surface area contributed by atoms with Crippen molar-refractivity contribution in [3.05, 3.63) is 11.1 Å². The Morgan fingerprint density at radius 2 is 2.18 bits per heavy atom. The number of carbonyl (C=O) groups excluding carboxylic acids is 2. The summed E-state index contributed by atoms with van der Waals surface area (Å²) in [6, 6.07) is 0. The number of halogens is 1. The number of hydrogen-bond donors (Lipinski definition) is 2. The second kappa shape index (κ2) is 8.16. The number of Topliss-reactive ketones (excluding diaryl/α,β-unsaturated/α-hetero) is 1. The zero-order chi connectivity index (χ0) is 12.0. The van der Waals surface area contributed by atoms with E-state index in [0.29, 0.717) is 16.4 Å². The SMILES string of the molecule is CNCCCC(=O)Nc1ncc(C(C)=O)s1.Cl. The van der Waals surface area contributed by atoms with Crippen LogP contribution in [-0.2, 0) is 4.79 Å². The molecular formula is C10H16ClN3O2S. The fraction of sp³-hybridized carbons (Fsp3) is 0.500. The van der Waals surface area contributed by atoms with Gasteiger partial charge < -0.3 is 10.6 Å². The van der Waals surface area contributed by atoms with Gasteiger partial charge in [-0.2, -0.15) is 0 Å². The summed E-state index contributed by atoms with van der Waals surface area (Å²) in [6.07, 6.45) is 2.72. The van der Waals surface area contributed by atoms with Crippen LogP contribution in [0, 0.1) is 0 Å². The first-order valence-corrected chi connectivity index (χ1v) is 5.86. The Hall–Kier alpha value is -0.980. The van der Waals surface area contributed by atoms with E-state index >= 15 is 0 Å². The molecule has 0 aliphatic rings. The Kier molecular flexibility index (Phi) is 7.69. The van der Waals surface area contributed by atoms with Gasteiger partial charge in [0.05, 0.1) is 11.1 Å². The number of ketones is 1. The summed E-state index contributed by atoms with van der Waals surface area (Å²) in [6.45, 7) is 2.29. The minimum atomic E-state index is -0.0697. The molecule has 0 aliphatic carbocycles. The molecule has 0 aliphatic heterocycles. The summed E-state index contributed by atoms with van der Waals surface area (Å²) in [5.41, 5.74) is 0. The number of thiazole rings is 1. The minimum absolute atomic E-state index is 0. The van der Waals surface area contributed by atoms with Gasteiger partial charge in [-0.05, 0) is 20.0 Å². The quantitative estimate of drug-likeness (QED) is 0.613. The maximum absolute atomic E-state index is 11.4. The lowest BCUT2D eigenvalue weighted by Crippen LogP contribution is -2.15. The molecule has 96 valence electrons. The molecule has 1 aromatic rings. The molecule has 7 heteroatoms. The summed E-state index contributed by atoms with van der Waals surface area (Å²) in [4.78, 5) is 26.9. The van der Waals surface area contributed by atoms with Crippen molar-refractivity contribution in [2.45, 2.75) is 19.8 Å². The monoisotopic (exact) mass is 277 g/mol. The second-order valence-electron chi connectivity index (χ2n) is 3.34. The zero-order valence-electron chi connectivity index (χ0n) is 9.78. The molecule has 0 aromatic carbocycles. The number of hydrogen-bond acceptors (Lipinski definition) is 5. The first kappa shape index (κ1) is 16.0. The van der Waals surface area contributed by atoms with E-state index in [2.05, 4.69) is 15.6 Å². The highest BCUT2D eigenvalue weighted by Crippen LogP contribution is 2.18. The standard InChI is InChI=1S/C10H15N3O2S.ClH/c1-7(14)8-6-12-10(16-8)13-9(15)4-3-5-11-2;/h6,11H,3-5H2,1-2H3,(H,12,13,15);1H. The molecule has 1 rings (SSSR count). The average Bonchev–Trinajstić information content (AvgIpc) is 2.66. The maximum atomic E-state index is 11.4. The highest BCUT2D eigenvalue weighted by Gasteiger charge is 2.08. The van der Waals surface area contributed by atoms with Crippen molar-refractivity contribution in [3.8, 4) is 0 Å². The molecule has 0 unspecified atom stereocenters. The molecule has 1 heterocycles. The third-order valence-corrected chi connectivity index (χ3v) is 2.94. The van der Waals surface area contributed by atoms with Gasteiger partial charge in [-0.1, -0.05) is 11.3 Å². The second-order valence-corrected chi connectivity index (χ2v) is 4.37. The van der Waals surface area contributed by atoms with E-state index in [1.807, 2.05) is 7.05 Å². The third-order valence-electron chi connectivity index (χ3n) is 1.93. The van der Waals surface area contributed by atoms with Gasteiger partial charge in [0, 0.05) is 13.3 Å². The molecule has 1 amide bonds. The average molecular weight is 278 g/mol. The van der Waals surface area contributed by atoms with Crippen molar-refractivity contribution < 1.29 is 9.59 Å². The molecule has 0 spiro atoms. The van der Waals surface area contributed by atoms with E-state index in [1.165, 1.54) is 24.5 Å². The molecule has 0 saturated heterocycles. The van der Waals surface area contributed by atoms with Crippen molar-refractivity contribution in [3.63, 3.8) is 0 Å². The molecule has 1 aromatic heterocycles. The molecule has 17 heavy (non-hydrogen) atoms. The van der Waals surface area contributed by atoms with Crippen LogP contribution in [0.3, 0.4) is 0 Å². The van der Waals surface area contributed by atoms with Crippen molar-refractivity contribution in [2.75, 3.05) is 18.9 Å². The van der Waals surface area contributed by atoms with Gasteiger partial charge in [-0.15, -0.1) is 12.4 Å². The van der Waals surface area contributed by atoms with E-state index < -0.39 is 0 Å². The van der Waals surface area contributed by atoms with Crippen LogP contribution in [0.2, 0.25) is 0 Å². The minimum Gasteiger partial charge on any atom is -0.320 e. The number of carbonyl (C=O) groups is 2. The van der Waals surface area contributed by atoms with Crippen molar-refractivity contribution in [2.24, 2.45) is 0 Å². The van der Waals surface area contributed by atoms with Crippen molar-refractivity contribution >= 4 is 40.6 Å². The van der Waals surface area contributed by atoms with Crippen LogP contribution < -0.4 is 10.6 Å². The number of anilines is 1. The summed E-state index contributed by atoms with van der Waals surface area (Å²) in [5.74, 6) is -0.104. The molecule has 2 N–H and O–H groups in total. The van der Waals surface area contributed by atoms with Crippen molar-refractivity contribution in [1.29, 1.82) is 0 Å². The molecule has 0 fully saturated rings. The molecule has 0 saturated carbocycles. The van der Waals surface area contributed by atoms with Gasteiger partial charge in [0.1, 0.15) is 0 Å². The smallest absolute Gasteiger partial charge is 0.226 e. The zero-order valence-corrected chi connectivity index (χ0v) is 11.4. The highest BCUT2D eigenvalue weighted by atomic mass is 35.5. The van der Waals surface area contributed by atoms with Gasteiger partial charge in [0.25, 0.3) is 0 Å². The fourth-order valence-electron chi connectivity index (χ4n) is 1.10. The summed E-state index contributed by atoms with van der Waals surface area (Å²) >= 11 is 1.20. The van der Waals surface area contributed by atoms with E-state index in [9.17, 15) is 9.59 Å². The lowest BCUT2D eigenvalue weighted by atomic mass is 10.3. The van der Waals surface area contributed by atoms with Gasteiger partial charge in [-0.25, -0.2) is 4.98 Å². The summed E-state index contributed by atoms with van der Waals surface area (Å²) in [5, 5.41) is 6.12. The molecular weight excluding hydrogens is 262 g/mol. The van der Waals surface area contributed by atoms with Crippen LogP contribution in [0.1, 0.15) is 29.4 Å². The number of aromatic nitrogens is 1. The van der Waals surface area contributed by atoms with E-state index in [-0.39, 0.29) is 24.1 Å². The number of nitrogens with zero attached hydrogens (tertiary/aromatic N) is 1. The Morgan fingerprint density at radius 3 is 2.71 bits per heavy atom. The van der Waals surface area contributed by atoms with Crippen LogP contribution >= 0.6 is 23.7 Å². The topological polar surface area (TPSA) is 71.1 Å². The Morgan fingerprint density at radius 1 is 1.47 bits per heavy atom. The van der Waals surface area contributed by atoms with Crippen LogP contribution in [0.4, 0.5) is 5.13 Å². The first-order valence-electron chi connectivity index (χ1n) is 5.04. The number of nitrogens with one attached hydrogen (secondary N) is 2. The number of rotatable bonds is 6. The molecule has 0 bridgehead atoms. The van der Waals surface area contributed by atoms with Crippen LogP contribution in [0.5, 0.6) is 0 Å². The van der Waals surface area contributed by atoms with Gasteiger partial charge in [-0.3, -0.25) is 9.59 Å². The Balaban J connectivity index is 0.00000256. The van der Waals surface area contributed by atoms with Gasteiger partial charge >= 0.3 is 0 Å². The predicted molar refractivity (Wildman–Crippen MR) is 71.2 cm³/mol. The maximum Gasteiger partial charge on any atom is 0.226 e. The molecule has 0 atom stereocenters. The van der Waals surface area contributed by atoms with Crippen LogP contribution in [0.25, 0.3) is 0 Å². The normalized spacial score (nSPS) is 9.53. The van der Waals surface area contributed by atoms with E-state index in [4.69, 9.17) is 0 Å². The highest BCUT2D eigenvalue weighted by molar-refractivity contribution is 7.17. The lowest BCUT2D eigenvalue weighted by molar-refractivity contribution is -0.116. The van der Waals surface area contributed by atoms with Crippen LogP contribution in [-0.4, -0.2) is 30.3 Å². The predicted octanol–water partition coefficient (Wildman–Crippen LogP) is 1.71. The van der Waals surface area contributed by atoms with Crippen LogP contribution in [0.15, 0.2) is 6.20 Å². The third kappa shape index (κ3) is 5.76. The van der Waals surface area contributed by atoms with E-state index in [1.54, 1.807) is 0 Å². The summed E-state index contributed by atoms with van der Waals surface area (Å²) < 4.78 is 0. The summed E-state index contributed by atoms with van der Waals surface area (Å²) in [7, 11) is 1.85. The largest absolute Gasteiger partial charge is 0.320 e. The van der Waals surface area contributed by atoms with Gasteiger partial charge in [0.15, 0.2) is 10.9 Å². The lowest BCUT2D eigenvalue weighted by Gasteiger charge is -2.00. The Labute approximate surface area is 110 Å².